The molecule has 0 saturated carbocycles. The van der Waals surface area contributed by atoms with Crippen LogP contribution in [0.2, 0.25) is 0 Å². The summed E-state index contributed by atoms with van der Waals surface area (Å²) < 4.78 is 23.7. The highest BCUT2D eigenvalue weighted by Gasteiger charge is 2.26. The van der Waals surface area contributed by atoms with E-state index in [0.717, 1.165) is 0 Å². The first-order valence-corrected chi connectivity index (χ1v) is 11.4. The molecule has 162 valence electrons. The average Bonchev–Trinajstić information content (AvgIpc) is 2.76. The van der Waals surface area contributed by atoms with Gasteiger partial charge in [-0.2, -0.15) is 5.10 Å². The summed E-state index contributed by atoms with van der Waals surface area (Å²) in [6.07, 6.45) is 2.88. The van der Waals surface area contributed by atoms with Crippen molar-refractivity contribution in [1.29, 1.82) is 0 Å². The fraction of sp³-hybridized carbons (Fsp3) is 0.286. The molecular formula is C21H23N4O5P. The molecule has 0 aliphatic carbocycles. The highest BCUT2D eigenvalue weighted by molar-refractivity contribution is 7.62. The Morgan fingerprint density at radius 1 is 1.10 bits per heavy atom. The van der Waals surface area contributed by atoms with E-state index < -0.39 is 13.2 Å². The normalized spacial score (nSPS) is 11.4. The maximum atomic E-state index is 12.9. The number of aromatic nitrogens is 4. The highest BCUT2D eigenvalue weighted by atomic mass is 31.2. The molecular weight excluding hydrogens is 419 g/mol. The minimum Gasteiger partial charge on any atom is -0.305 e. The van der Waals surface area contributed by atoms with Gasteiger partial charge >= 0.3 is 7.60 Å². The molecule has 0 saturated heterocycles. The minimum atomic E-state index is -3.44. The molecule has 31 heavy (non-hydrogen) atoms. The van der Waals surface area contributed by atoms with Crippen LogP contribution in [0.25, 0.3) is 11.5 Å². The van der Waals surface area contributed by atoms with Crippen LogP contribution >= 0.6 is 7.60 Å². The standard InChI is InChI=1S/C21H23N4O5P/c1-3-29-31(28,30-4-2)18-8-5-7-15(12-18)11-17(26)13-16-14-22-20(24-21(16)27)19-9-6-10-23-25-19/h5-10,12,14H,3-4,11,13H2,1-2H3,(H,22,24,27). The topological polar surface area (TPSA) is 124 Å². The summed E-state index contributed by atoms with van der Waals surface area (Å²) in [5.74, 6) is 0.101. The molecule has 9 nitrogen and oxygen atoms in total. The average molecular weight is 442 g/mol. The molecule has 0 fully saturated rings. The Morgan fingerprint density at radius 3 is 2.52 bits per heavy atom. The molecule has 0 amide bonds. The lowest BCUT2D eigenvalue weighted by Crippen LogP contribution is -2.19. The third-order valence-corrected chi connectivity index (χ3v) is 6.41. The number of carbonyl (C=O) groups excluding carboxylic acids is 1. The van der Waals surface area contributed by atoms with Crippen molar-refractivity contribution in [3.8, 4) is 11.5 Å². The zero-order valence-electron chi connectivity index (χ0n) is 17.3. The summed E-state index contributed by atoms with van der Waals surface area (Å²) in [4.78, 5) is 31.7. The summed E-state index contributed by atoms with van der Waals surface area (Å²) in [5.41, 5.74) is 0.933. The van der Waals surface area contributed by atoms with E-state index in [4.69, 9.17) is 9.05 Å². The number of hydrogen-bond acceptors (Lipinski definition) is 8. The number of carbonyl (C=O) groups is 1. The second kappa shape index (κ2) is 10.3. The Balaban J connectivity index is 1.73. The zero-order valence-corrected chi connectivity index (χ0v) is 18.2. The molecule has 0 unspecified atom stereocenters. The predicted molar refractivity (Wildman–Crippen MR) is 115 cm³/mol. The van der Waals surface area contributed by atoms with E-state index in [2.05, 4.69) is 20.2 Å². The Morgan fingerprint density at radius 2 is 1.87 bits per heavy atom. The Bertz CT molecular complexity index is 1140. The molecule has 3 aromatic rings. The van der Waals surface area contributed by atoms with Gasteiger partial charge in [0.1, 0.15) is 11.5 Å². The van der Waals surface area contributed by atoms with Crippen molar-refractivity contribution < 1.29 is 18.4 Å². The lowest BCUT2D eigenvalue weighted by atomic mass is 10.0. The molecule has 2 heterocycles. The van der Waals surface area contributed by atoms with Crippen LogP contribution in [0.5, 0.6) is 0 Å². The van der Waals surface area contributed by atoms with E-state index in [9.17, 15) is 14.2 Å². The van der Waals surface area contributed by atoms with Gasteiger partial charge in [-0.05, 0) is 43.7 Å². The number of H-pyrrole nitrogens is 1. The van der Waals surface area contributed by atoms with Gasteiger partial charge in [-0.25, -0.2) is 4.98 Å². The van der Waals surface area contributed by atoms with Gasteiger partial charge in [0.15, 0.2) is 5.82 Å². The van der Waals surface area contributed by atoms with Gasteiger partial charge in [0.05, 0.1) is 18.5 Å². The van der Waals surface area contributed by atoms with Crippen molar-refractivity contribution in [1.82, 2.24) is 20.2 Å². The Kier molecular flexibility index (Phi) is 7.57. The largest absolute Gasteiger partial charge is 0.361 e. The molecule has 0 aliphatic heterocycles. The van der Waals surface area contributed by atoms with Gasteiger partial charge in [0.2, 0.25) is 0 Å². The van der Waals surface area contributed by atoms with Crippen LogP contribution < -0.4 is 10.9 Å². The first-order valence-electron chi connectivity index (χ1n) is 9.81. The molecule has 0 bridgehead atoms. The van der Waals surface area contributed by atoms with E-state index >= 15 is 0 Å². The number of nitrogens with one attached hydrogen (secondary N) is 1. The van der Waals surface area contributed by atoms with E-state index in [0.29, 0.717) is 16.6 Å². The van der Waals surface area contributed by atoms with E-state index in [1.807, 2.05) is 0 Å². The number of rotatable bonds is 10. The van der Waals surface area contributed by atoms with Gasteiger partial charge in [-0.3, -0.25) is 14.2 Å². The van der Waals surface area contributed by atoms with E-state index in [1.54, 1.807) is 50.2 Å². The van der Waals surface area contributed by atoms with Crippen molar-refractivity contribution in [2.75, 3.05) is 13.2 Å². The fourth-order valence-electron chi connectivity index (χ4n) is 2.97. The molecule has 0 aliphatic rings. The summed E-state index contributed by atoms with van der Waals surface area (Å²) in [7, 11) is -3.44. The highest BCUT2D eigenvalue weighted by Crippen LogP contribution is 2.46. The van der Waals surface area contributed by atoms with Crippen molar-refractivity contribution >= 4 is 18.7 Å². The van der Waals surface area contributed by atoms with Crippen LogP contribution in [0.1, 0.15) is 25.0 Å². The quantitative estimate of drug-likeness (QED) is 0.475. The van der Waals surface area contributed by atoms with Crippen LogP contribution in [0.3, 0.4) is 0 Å². The molecule has 3 rings (SSSR count). The summed E-state index contributed by atoms with van der Waals surface area (Å²) in [6, 6.07) is 10.1. The maximum absolute atomic E-state index is 12.9. The summed E-state index contributed by atoms with van der Waals surface area (Å²) in [5, 5.41) is 8.05. The monoisotopic (exact) mass is 442 g/mol. The first-order chi connectivity index (χ1) is 14.9. The molecule has 1 aromatic carbocycles. The second-order valence-electron chi connectivity index (χ2n) is 6.59. The number of nitrogens with zero attached hydrogens (tertiary/aromatic N) is 3. The number of hydrogen-bond donors (Lipinski definition) is 1. The lowest BCUT2D eigenvalue weighted by Gasteiger charge is -2.17. The van der Waals surface area contributed by atoms with Crippen LogP contribution in [-0.4, -0.2) is 39.2 Å². The molecule has 0 radical (unpaired) electrons. The smallest absolute Gasteiger partial charge is 0.305 e. The van der Waals surface area contributed by atoms with Crippen LogP contribution in [-0.2, 0) is 31.2 Å². The maximum Gasteiger partial charge on any atom is 0.361 e. The number of benzene rings is 1. The molecule has 2 aromatic heterocycles. The fourth-order valence-corrected chi connectivity index (χ4v) is 4.62. The van der Waals surface area contributed by atoms with Crippen molar-refractivity contribution in [3.63, 3.8) is 0 Å². The van der Waals surface area contributed by atoms with Gasteiger partial charge in [-0.15, -0.1) is 5.10 Å². The third kappa shape index (κ3) is 5.79. The lowest BCUT2D eigenvalue weighted by molar-refractivity contribution is -0.117. The van der Waals surface area contributed by atoms with Crippen molar-refractivity contribution in [3.05, 3.63) is 70.3 Å². The van der Waals surface area contributed by atoms with Crippen LogP contribution in [0.4, 0.5) is 0 Å². The van der Waals surface area contributed by atoms with Crippen molar-refractivity contribution in [2.24, 2.45) is 0 Å². The number of aromatic amines is 1. The SMILES string of the molecule is CCOP(=O)(OCC)c1cccc(CC(=O)Cc2cnc(-c3cccnn3)[nH]c2=O)c1. The van der Waals surface area contributed by atoms with Crippen LogP contribution in [0.15, 0.2) is 53.6 Å². The van der Waals surface area contributed by atoms with Gasteiger partial charge in [0.25, 0.3) is 5.56 Å². The van der Waals surface area contributed by atoms with E-state index in [-0.39, 0.29) is 43.2 Å². The minimum absolute atomic E-state index is 0.0669. The number of Topliss-reactive ketones (excluding diaryl/α,β-unsaturated/α-hetero) is 1. The Labute approximate surface area is 179 Å². The molecule has 1 N–H and O–H groups in total. The van der Waals surface area contributed by atoms with Gasteiger partial charge < -0.3 is 14.0 Å². The Hall–Kier alpha value is -3.00. The number of ketones is 1. The molecule has 0 atom stereocenters. The summed E-state index contributed by atoms with van der Waals surface area (Å²) in [6.45, 7) is 3.95. The third-order valence-electron chi connectivity index (χ3n) is 4.30. The van der Waals surface area contributed by atoms with Gasteiger partial charge in [0, 0.05) is 30.8 Å². The molecule has 10 heteroatoms. The van der Waals surface area contributed by atoms with Gasteiger partial charge in [-0.1, -0.05) is 12.1 Å². The summed E-state index contributed by atoms with van der Waals surface area (Å²) >= 11 is 0. The predicted octanol–water partition coefficient (Wildman–Crippen LogP) is 2.47. The van der Waals surface area contributed by atoms with Crippen LogP contribution in [0, 0.1) is 0 Å². The van der Waals surface area contributed by atoms with E-state index in [1.165, 1.54) is 12.4 Å². The zero-order chi connectivity index (χ0) is 22.3. The van der Waals surface area contributed by atoms with Crippen molar-refractivity contribution in [2.45, 2.75) is 26.7 Å². The molecule has 0 spiro atoms. The first kappa shape index (κ1) is 22.7. The second-order valence-corrected chi connectivity index (χ2v) is 8.62.